The zero-order valence-corrected chi connectivity index (χ0v) is 28.5. The van der Waals surface area contributed by atoms with E-state index in [9.17, 15) is 5.26 Å². The number of nitriles is 1. The van der Waals surface area contributed by atoms with Gasteiger partial charge in [-0.05, 0) is 140 Å². The molecule has 0 saturated carbocycles. The van der Waals surface area contributed by atoms with Crippen molar-refractivity contribution in [2.45, 2.75) is 79.6 Å². The quantitative estimate of drug-likeness (QED) is 0.326. The summed E-state index contributed by atoms with van der Waals surface area (Å²) in [7, 11) is 1.74. The number of allylic oxidation sites excluding steroid dienone is 5. The van der Waals surface area contributed by atoms with E-state index in [4.69, 9.17) is 14.7 Å². The molecule has 3 heterocycles. The van der Waals surface area contributed by atoms with E-state index in [2.05, 4.69) is 88.2 Å². The number of likely N-dealkylation sites (tertiary alicyclic amines) is 1. The van der Waals surface area contributed by atoms with E-state index < -0.39 is 0 Å². The Morgan fingerprint density at radius 2 is 1.74 bits per heavy atom. The molecule has 0 aromatic heterocycles. The van der Waals surface area contributed by atoms with Crippen LogP contribution in [0.3, 0.4) is 0 Å². The fourth-order valence-corrected chi connectivity index (χ4v) is 7.78. The number of methoxy groups -OCH3 is 1. The van der Waals surface area contributed by atoms with Crippen LogP contribution in [0, 0.1) is 36.0 Å². The molecule has 3 unspecified atom stereocenters. The Bertz CT molecular complexity index is 1720. The number of benzene rings is 2. The van der Waals surface area contributed by atoms with Crippen LogP contribution in [0.25, 0.3) is 5.57 Å². The number of nitrogens with zero attached hydrogens (tertiary/aromatic N) is 4. The number of hydrogen-bond donors (Lipinski definition) is 0. The highest BCUT2D eigenvalue weighted by Crippen LogP contribution is 2.42. The number of aryl methyl sites for hydroxylation is 1. The summed E-state index contributed by atoms with van der Waals surface area (Å²) in [4.78, 5) is 13.2. The van der Waals surface area contributed by atoms with Gasteiger partial charge in [-0.3, -0.25) is 9.98 Å². The number of aliphatic imine (C=N–C) groups is 2. The number of fused-ring (bicyclic) bond motifs is 1. The first-order valence-electron chi connectivity index (χ1n) is 17.2. The summed E-state index contributed by atoms with van der Waals surface area (Å²) in [5, 5.41) is 9.31. The smallest absolute Gasteiger partial charge is 0.121 e. The summed E-state index contributed by atoms with van der Waals surface area (Å²) in [6, 6.07) is 16.8. The molecular weight excluding hydrogens is 564 g/mol. The molecule has 5 nitrogen and oxygen atoms in total. The molecule has 3 atom stereocenters. The minimum Gasteiger partial charge on any atom is -0.496 e. The normalized spacial score (nSPS) is 23.5. The van der Waals surface area contributed by atoms with Crippen LogP contribution < -0.4 is 4.74 Å². The third-order valence-electron chi connectivity index (χ3n) is 10.6. The molecule has 0 amide bonds. The second-order valence-corrected chi connectivity index (χ2v) is 13.6. The molecular formula is C41H48N4O. The van der Waals surface area contributed by atoms with Gasteiger partial charge in [-0.25, -0.2) is 0 Å². The van der Waals surface area contributed by atoms with Gasteiger partial charge in [0.15, 0.2) is 0 Å². The van der Waals surface area contributed by atoms with Gasteiger partial charge in [0, 0.05) is 42.2 Å². The van der Waals surface area contributed by atoms with Crippen LogP contribution >= 0.6 is 0 Å². The minimum absolute atomic E-state index is 0.433. The molecule has 0 radical (unpaired) electrons. The van der Waals surface area contributed by atoms with E-state index >= 15 is 0 Å². The van der Waals surface area contributed by atoms with E-state index in [-0.39, 0.29) is 0 Å². The first-order chi connectivity index (χ1) is 22.3. The van der Waals surface area contributed by atoms with E-state index in [1.54, 1.807) is 12.7 Å². The van der Waals surface area contributed by atoms with Crippen molar-refractivity contribution in [1.82, 2.24) is 4.90 Å². The van der Waals surface area contributed by atoms with Crippen molar-refractivity contribution in [1.29, 1.82) is 5.26 Å². The van der Waals surface area contributed by atoms with Gasteiger partial charge in [-0.2, -0.15) is 5.26 Å². The van der Waals surface area contributed by atoms with Crippen molar-refractivity contribution in [2.24, 2.45) is 27.7 Å². The molecule has 1 aliphatic carbocycles. The molecule has 2 aromatic carbocycles. The first kappa shape index (κ1) is 31.8. The molecule has 3 aliphatic heterocycles. The molecule has 0 spiro atoms. The van der Waals surface area contributed by atoms with Gasteiger partial charge in [0.1, 0.15) is 5.75 Å². The Hall–Kier alpha value is -4.17. The van der Waals surface area contributed by atoms with Crippen molar-refractivity contribution in [2.75, 3.05) is 20.2 Å². The van der Waals surface area contributed by atoms with Crippen LogP contribution in [0.1, 0.15) is 94.9 Å². The second-order valence-electron chi connectivity index (χ2n) is 13.6. The van der Waals surface area contributed by atoms with Gasteiger partial charge >= 0.3 is 0 Å². The molecule has 0 N–H and O–H groups in total. The Kier molecular flexibility index (Phi) is 9.45. The fourth-order valence-electron chi connectivity index (χ4n) is 7.78. The zero-order chi connectivity index (χ0) is 32.4. The standard InChI is InChI=1S/C41H48N4O/c1-7-29-22-37(36-23-35(21-28(5)40(36)43-25-29)32-11-9-30(24-42)10-12-32)45-17-15-33(16-18-45)41-31(8-2)20-27(4)39(44-41)34-13-14-38(46-6)26(3)19-34/h9-14,19,23,25,27,29,31H,7-8,15-18,20-22H2,1-6H3. The van der Waals surface area contributed by atoms with Crippen LogP contribution in [-0.2, 0) is 0 Å². The SMILES string of the molecule is CCC1C=NC2=C(C)CC(c3ccc(C#N)cc3)=CC2=C(N2CCC(=C3N=C(c4ccc(OC)c(C)c4)C(C)CC3CC)CC2)C1. The molecule has 238 valence electrons. The predicted octanol–water partition coefficient (Wildman–Crippen LogP) is 9.60. The van der Waals surface area contributed by atoms with Gasteiger partial charge in [-0.15, -0.1) is 0 Å². The summed E-state index contributed by atoms with van der Waals surface area (Å²) in [6.45, 7) is 13.3. The maximum atomic E-state index is 9.31. The minimum atomic E-state index is 0.433. The lowest BCUT2D eigenvalue weighted by Crippen LogP contribution is -2.33. The lowest BCUT2D eigenvalue weighted by Gasteiger charge is -2.37. The second kappa shape index (κ2) is 13.7. The predicted molar refractivity (Wildman–Crippen MR) is 190 cm³/mol. The molecule has 2 aromatic rings. The Labute approximate surface area is 275 Å². The first-order valence-corrected chi connectivity index (χ1v) is 17.2. The molecule has 6 rings (SSSR count). The van der Waals surface area contributed by atoms with Crippen molar-refractivity contribution in [3.63, 3.8) is 0 Å². The molecule has 1 saturated heterocycles. The van der Waals surface area contributed by atoms with Crippen molar-refractivity contribution in [3.05, 3.63) is 105 Å². The van der Waals surface area contributed by atoms with Crippen LogP contribution in [0.5, 0.6) is 5.75 Å². The average Bonchev–Trinajstić information content (AvgIpc) is 3.28. The Balaban J connectivity index is 1.33. The maximum Gasteiger partial charge on any atom is 0.121 e. The summed E-state index contributed by atoms with van der Waals surface area (Å²) in [5.74, 6) is 2.32. The van der Waals surface area contributed by atoms with Crippen molar-refractivity contribution < 1.29 is 4.74 Å². The van der Waals surface area contributed by atoms with Gasteiger partial charge < -0.3 is 9.64 Å². The summed E-state index contributed by atoms with van der Waals surface area (Å²) in [6.07, 6.45) is 12.0. The largest absolute Gasteiger partial charge is 0.496 e. The third kappa shape index (κ3) is 6.27. The monoisotopic (exact) mass is 612 g/mol. The van der Waals surface area contributed by atoms with E-state index in [1.165, 1.54) is 45.0 Å². The van der Waals surface area contributed by atoms with Crippen LogP contribution in [0.4, 0.5) is 0 Å². The molecule has 5 heteroatoms. The summed E-state index contributed by atoms with van der Waals surface area (Å²) in [5.41, 5.74) is 14.9. The third-order valence-corrected chi connectivity index (χ3v) is 10.6. The van der Waals surface area contributed by atoms with Crippen LogP contribution in [-0.4, -0.2) is 37.0 Å². The van der Waals surface area contributed by atoms with Crippen LogP contribution in [0.2, 0.25) is 0 Å². The lowest BCUT2D eigenvalue weighted by molar-refractivity contribution is 0.298. The molecule has 0 bridgehead atoms. The Morgan fingerprint density at radius 1 is 1.00 bits per heavy atom. The van der Waals surface area contributed by atoms with Crippen molar-refractivity contribution in [3.8, 4) is 11.8 Å². The summed E-state index contributed by atoms with van der Waals surface area (Å²) < 4.78 is 5.54. The topological polar surface area (TPSA) is 61.0 Å². The highest BCUT2D eigenvalue weighted by atomic mass is 16.5. The van der Waals surface area contributed by atoms with Gasteiger partial charge in [0.05, 0.1) is 30.2 Å². The number of rotatable bonds is 6. The highest BCUT2D eigenvalue weighted by molar-refractivity contribution is 6.03. The van der Waals surface area contributed by atoms with E-state index in [1.807, 2.05) is 12.1 Å². The zero-order valence-electron chi connectivity index (χ0n) is 28.5. The Morgan fingerprint density at radius 3 is 2.39 bits per heavy atom. The maximum absolute atomic E-state index is 9.31. The average molecular weight is 613 g/mol. The number of piperidine rings is 1. The van der Waals surface area contributed by atoms with Gasteiger partial charge in [0.2, 0.25) is 0 Å². The molecule has 46 heavy (non-hydrogen) atoms. The van der Waals surface area contributed by atoms with Gasteiger partial charge in [-0.1, -0.05) is 32.9 Å². The van der Waals surface area contributed by atoms with Gasteiger partial charge in [0.25, 0.3) is 0 Å². The van der Waals surface area contributed by atoms with E-state index in [0.717, 1.165) is 75.0 Å². The molecule has 1 fully saturated rings. The lowest BCUT2D eigenvalue weighted by atomic mass is 9.80. The van der Waals surface area contributed by atoms with E-state index in [0.29, 0.717) is 23.3 Å². The summed E-state index contributed by atoms with van der Waals surface area (Å²) >= 11 is 0. The highest BCUT2D eigenvalue weighted by Gasteiger charge is 2.32. The fraction of sp³-hybridized carbons (Fsp3) is 0.439. The number of ether oxygens (including phenoxy) is 1. The number of hydrogen-bond acceptors (Lipinski definition) is 5. The molecule has 4 aliphatic rings. The van der Waals surface area contributed by atoms with Crippen LogP contribution in [0.15, 0.2) is 92.3 Å². The van der Waals surface area contributed by atoms with Crippen molar-refractivity contribution >= 4 is 17.5 Å².